The van der Waals surface area contributed by atoms with E-state index in [-0.39, 0.29) is 11.9 Å². The summed E-state index contributed by atoms with van der Waals surface area (Å²) in [4.78, 5) is 25.0. The molecular formula is C21H37N2O3+. The Balaban J connectivity index is 2.13. The van der Waals surface area contributed by atoms with Gasteiger partial charge in [-0.05, 0) is 31.4 Å². The maximum atomic E-state index is 12.4. The van der Waals surface area contributed by atoms with Gasteiger partial charge in [0.15, 0.2) is 0 Å². The summed E-state index contributed by atoms with van der Waals surface area (Å²) in [7, 11) is 2.25. The topological polar surface area (TPSA) is 46.6 Å². The van der Waals surface area contributed by atoms with Gasteiger partial charge in [-0.25, -0.2) is 0 Å². The molecule has 26 heavy (non-hydrogen) atoms. The Kier molecular flexibility index (Phi) is 10.9. The van der Waals surface area contributed by atoms with Gasteiger partial charge in [0, 0.05) is 19.9 Å². The Hall–Kier alpha value is -1.62. The van der Waals surface area contributed by atoms with Crippen molar-refractivity contribution < 1.29 is 18.8 Å². The number of hydrogen-bond acceptors (Lipinski definition) is 3. The molecule has 1 heterocycles. The normalized spacial score (nSPS) is 20.8. The molecule has 148 valence electrons. The van der Waals surface area contributed by atoms with Gasteiger partial charge in [-0.3, -0.25) is 9.59 Å². The second-order valence-electron chi connectivity index (χ2n) is 7.52. The number of unbranched alkanes of at least 4 members (excludes halogenated alkanes) is 5. The lowest BCUT2D eigenvalue weighted by Crippen LogP contribution is -2.47. The van der Waals surface area contributed by atoms with E-state index in [0.717, 1.165) is 82.2 Å². The molecule has 0 aromatic rings. The summed E-state index contributed by atoms with van der Waals surface area (Å²) >= 11 is 0. The molecule has 0 spiro atoms. The number of nitrogens with zero attached hydrogens (tertiary/aromatic N) is 2. The van der Waals surface area contributed by atoms with E-state index >= 15 is 0 Å². The molecule has 1 atom stereocenters. The summed E-state index contributed by atoms with van der Waals surface area (Å²) < 4.78 is 5.89. The maximum Gasteiger partial charge on any atom is 0.302 e. The lowest BCUT2D eigenvalue weighted by molar-refractivity contribution is -0.901. The van der Waals surface area contributed by atoms with Crippen molar-refractivity contribution in [2.24, 2.45) is 0 Å². The first-order valence-corrected chi connectivity index (χ1v) is 10.00. The highest BCUT2D eigenvalue weighted by molar-refractivity contribution is 5.87. The molecule has 5 nitrogen and oxygen atoms in total. The number of carbonyl (C=O) groups excluding carboxylic acids is 2. The molecule has 0 bridgehead atoms. The molecule has 1 rings (SSSR count). The molecule has 0 aliphatic carbocycles. The van der Waals surface area contributed by atoms with E-state index in [4.69, 9.17) is 4.74 Å². The van der Waals surface area contributed by atoms with Crippen LogP contribution in [0.25, 0.3) is 0 Å². The van der Waals surface area contributed by atoms with E-state index in [1.807, 2.05) is 17.1 Å². The van der Waals surface area contributed by atoms with E-state index < -0.39 is 0 Å². The lowest BCUT2D eigenvalue weighted by Gasteiger charge is -2.32. The summed E-state index contributed by atoms with van der Waals surface area (Å²) in [5.74, 6) is -0.0491. The lowest BCUT2D eigenvalue weighted by atomic mass is 10.1. The Labute approximate surface area is 159 Å². The number of ether oxygens (including phenoxy) is 1. The third-order valence-corrected chi connectivity index (χ3v) is 5.00. The Morgan fingerprint density at radius 1 is 1.12 bits per heavy atom. The van der Waals surface area contributed by atoms with Gasteiger partial charge >= 0.3 is 5.97 Å². The molecular weight excluding hydrogens is 328 g/mol. The quantitative estimate of drug-likeness (QED) is 0.186. The molecule has 0 saturated carbocycles. The molecule has 0 radical (unpaired) electrons. The van der Waals surface area contributed by atoms with Crippen molar-refractivity contribution in [3.8, 4) is 0 Å². The largest absolute Gasteiger partial charge is 0.466 e. The fourth-order valence-electron chi connectivity index (χ4n) is 3.34. The standard InChI is InChI=1S/C21H37N2O3/c1-4-16-23(3)17-12-14-22(15-18-23)21(25)13-10-8-6-5-7-9-11-19-26-20(2)24/h4,10,13H,1,5-9,11-12,14-19H2,2-3H3/q+1/b13-10+. The molecule has 1 fully saturated rings. The second kappa shape index (κ2) is 12.7. The minimum Gasteiger partial charge on any atom is -0.466 e. The van der Waals surface area contributed by atoms with Crippen LogP contribution in [0.3, 0.4) is 0 Å². The molecule has 1 aliphatic heterocycles. The molecule has 1 amide bonds. The molecule has 0 aromatic carbocycles. The Bertz CT molecular complexity index is 476. The van der Waals surface area contributed by atoms with Crippen molar-refractivity contribution in [1.82, 2.24) is 4.90 Å². The van der Waals surface area contributed by atoms with Gasteiger partial charge in [0.1, 0.15) is 0 Å². The van der Waals surface area contributed by atoms with Gasteiger partial charge in [-0.15, -0.1) is 0 Å². The Morgan fingerprint density at radius 2 is 1.85 bits per heavy atom. The van der Waals surface area contributed by atoms with Gasteiger partial charge in [0.05, 0.1) is 39.8 Å². The summed E-state index contributed by atoms with van der Waals surface area (Å²) in [6.45, 7) is 10.6. The second-order valence-corrected chi connectivity index (χ2v) is 7.52. The van der Waals surface area contributed by atoms with Gasteiger partial charge in [0.25, 0.3) is 0 Å². The van der Waals surface area contributed by atoms with Crippen LogP contribution in [0, 0.1) is 0 Å². The summed E-state index contributed by atoms with van der Waals surface area (Å²) in [6, 6.07) is 0. The number of amides is 1. The average molecular weight is 366 g/mol. The monoisotopic (exact) mass is 365 g/mol. The van der Waals surface area contributed by atoms with E-state index in [1.54, 1.807) is 6.08 Å². The van der Waals surface area contributed by atoms with E-state index in [0.29, 0.717) is 6.61 Å². The van der Waals surface area contributed by atoms with Gasteiger partial charge in [0.2, 0.25) is 5.91 Å². The van der Waals surface area contributed by atoms with Crippen molar-refractivity contribution in [2.45, 2.75) is 51.9 Å². The zero-order valence-electron chi connectivity index (χ0n) is 16.8. The summed E-state index contributed by atoms with van der Waals surface area (Å²) in [5.41, 5.74) is 0. The maximum absolute atomic E-state index is 12.4. The van der Waals surface area contributed by atoms with Crippen LogP contribution in [0.5, 0.6) is 0 Å². The van der Waals surface area contributed by atoms with Crippen molar-refractivity contribution >= 4 is 11.9 Å². The van der Waals surface area contributed by atoms with Crippen LogP contribution in [0.15, 0.2) is 24.8 Å². The highest BCUT2D eigenvalue weighted by atomic mass is 16.5. The highest BCUT2D eigenvalue weighted by Gasteiger charge is 2.26. The van der Waals surface area contributed by atoms with Gasteiger partial charge < -0.3 is 14.1 Å². The molecule has 1 saturated heterocycles. The van der Waals surface area contributed by atoms with Crippen molar-refractivity contribution in [2.75, 3.05) is 46.4 Å². The summed E-state index contributed by atoms with van der Waals surface area (Å²) in [5, 5.41) is 0. The predicted molar refractivity (Wildman–Crippen MR) is 106 cm³/mol. The summed E-state index contributed by atoms with van der Waals surface area (Å²) in [6.07, 6.45) is 13.2. The average Bonchev–Trinajstić information content (AvgIpc) is 2.78. The molecule has 1 aliphatic rings. The smallest absolute Gasteiger partial charge is 0.302 e. The number of quaternary nitrogens is 1. The van der Waals surface area contributed by atoms with Gasteiger partial charge in [-0.1, -0.05) is 31.9 Å². The third-order valence-electron chi connectivity index (χ3n) is 5.00. The number of hydrogen-bond donors (Lipinski definition) is 0. The molecule has 5 heteroatoms. The number of esters is 1. The zero-order valence-corrected chi connectivity index (χ0v) is 16.8. The molecule has 1 unspecified atom stereocenters. The first kappa shape index (κ1) is 22.4. The predicted octanol–water partition coefficient (Wildman–Crippen LogP) is 3.31. The Morgan fingerprint density at radius 3 is 2.58 bits per heavy atom. The zero-order chi connectivity index (χ0) is 19.3. The van der Waals surface area contributed by atoms with Crippen LogP contribution < -0.4 is 0 Å². The van der Waals surface area contributed by atoms with Crippen LogP contribution in [0.1, 0.15) is 51.9 Å². The van der Waals surface area contributed by atoms with Crippen LogP contribution in [0.4, 0.5) is 0 Å². The van der Waals surface area contributed by atoms with Crippen LogP contribution in [0.2, 0.25) is 0 Å². The highest BCUT2D eigenvalue weighted by Crippen LogP contribution is 2.12. The fraction of sp³-hybridized carbons (Fsp3) is 0.714. The third kappa shape index (κ3) is 9.76. The fourth-order valence-corrected chi connectivity index (χ4v) is 3.34. The first-order chi connectivity index (χ1) is 12.5. The van der Waals surface area contributed by atoms with Gasteiger partial charge in [-0.2, -0.15) is 0 Å². The molecule has 0 aromatic heterocycles. The molecule has 0 N–H and O–H groups in total. The minimum atomic E-state index is -0.200. The number of likely N-dealkylation sites (N-methyl/N-ethyl adjacent to an activating group) is 1. The van der Waals surface area contributed by atoms with Crippen molar-refractivity contribution in [3.63, 3.8) is 0 Å². The van der Waals surface area contributed by atoms with Crippen LogP contribution in [-0.4, -0.2) is 67.6 Å². The first-order valence-electron chi connectivity index (χ1n) is 10.00. The number of rotatable bonds is 11. The SMILES string of the molecule is C=CC[N+]1(C)CCCN(C(=O)/C=C/CCCCCCCOC(C)=O)CC1. The number of carbonyl (C=O) groups is 2. The van der Waals surface area contributed by atoms with Crippen LogP contribution in [-0.2, 0) is 14.3 Å². The minimum absolute atomic E-state index is 0.151. The van der Waals surface area contributed by atoms with Crippen LogP contribution >= 0.6 is 0 Å². The van der Waals surface area contributed by atoms with E-state index in [9.17, 15) is 9.59 Å². The van der Waals surface area contributed by atoms with Crippen molar-refractivity contribution in [3.05, 3.63) is 24.8 Å². The van der Waals surface area contributed by atoms with E-state index in [1.165, 1.54) is 6.92 Å². The van der Waals surface area contributed by atoms with E-state index in [2.05, 4.69) is 13.6 Å². The van der Waals surface area contributed by atoms with Crippen molar-refractivity contribution in [1.29, 1.82) is 0 Å². The number of allylic oxidation sites excluding steroid dienone is 1.